The molecule has 0 aliphatic carbocycles. The molecule has 4 atom stereocenters. The van der Waals surface area contributed by atoms with Crippen LogP contribution in [0.15, 0.2) is 43.0 Å². The van der Waals surface area contributed by atoms with Crippen molar-refractivity contribution in [3.05, 3.63) is 48.5 Å². The lowest BCUT2D eigenvalue weighted by Crippen LogP contribution is -2.48. The number of benzene rings is 1. The van der Waals surface area contributed by atoms with Crippen molar-refractivity contribution >= 4 is 38.3 Å². The van der Waals surface area contributed by atoms with E-state index in [-0.39, 0.29) is 16.8 Å². The van der Waals surface area contributed by atoms with Crippen LogP contribution in [0.2, 0.25) is 18.1 Å². The second kappa shape index (κ2) is 10.6. The number of anilines is 1. The van der Waals surface area contributed by atoms with Crippen molar-refractivity contribution in [2.24, 2.45) is 0 Å². The molecule has 0 radical (unpaired) electrons. The molecule has 3 heterocycles. The Hall–Kier alpha value is -2.43. The zero-order valence-corrected chi connectivity index (χ0v) is 25.0. The van der Waals surface area contributed by atoms with Gasteiger partial charge < -0.3 is 24.2 Å². The third-order valence-corrected chi connectivity index (χ3v) is 13.2. The summed E-state index contributed by atoms with van der Waals surface area (Å²) in [7, 11) is -4.61. The van der Waals surface area contributed by atoms with Crippen molar-refractivity contribution in [3.63, 3.8) is 0 Å². The Morgan fingerprint density at radius 2 is 1.87 bits per heavy atom. The minimum atomic E-state index is -2.31. The lowest BCUT2D eigenvalue weighted by molar-refractivity contribution is -0.0323. The van der Waals surface area contributed by atoms with Gasteiger partial charge in [-0.3, -0.25) is 9.36 Å². The van der Waals surface area contributed by atoms with E-state index >= 15 is 0 Å². The van der Waals surface area contributed by atoms with Gasteiger partial charge in [-0.1, -0.05) is 39.0 Å². The molecule has 0 spiro atoms. The van der Waals surface area contributed by atoms with E-state index in [2.05, 4.69) is 54.1 Å². The molecule has 4 rings (SSSR count). The molecule has 1 fully saturated rings. The summed E-state index contributed by atoms with van der Waals surface area (Å²) in [5.41, 5.74) is 1.34. The van der Waals surface area contributed by atoms with Gasteiger partial charge in [0.2, 0.25) is 0 Å². The van der Waals surface area contributed by atoms with Crippen molar-refractivity contribution in [1.29, 1.82) is 0 Å². The molecular formula is C26H38N5O5PSi. The standard InChI is InChI=1S/C26H38N5O5PSi/c1-26(2,3)38(6,7)36-21-20(32)18(13-14-37(4,5)34)35-25(21)31-16-29-19-22(27-15-28-23(19)31)30-24(33)17-11-9-8-10-12-17/h8-12,15-16,18,20-21,25,32H,13-14H2,1-7H3,(H,27,28,30,33)/t18-,20-,21-,25-/m1/s1. The molecule has 38 heavy (non-hydrogen) atoms. The van der Waals surface area contributed by atoms with E-state index in [1.807, 2.05) is 6.07 Å². The van der Waals surface area contributed by atoms with Crippen LogP contribution in [0.3, 0.4) is 0 Å². The summed E-state index contributed by atoms with van der Waals surface area (Å²) in [6.07, 6.45) is 0.966. The van der Waals surface area contributed by atoms with Crippen LogP contribution in [0.1, 0.15) is 43.8 Å². The minimum Gasteiger partial charge on any atom is -0.407 e. The Morgan fingerprint density at radius 1 is 1.18 bits per heavy atom. The second-order valence-corrected chi connectivity index (χ2v) is 20.2. The Kier molecular flexibility index (Phi) is 7.98. The van der Waals surface area contributed by atoms with Crippen LogP contribution in [0.25, 0.3) is 11.2 Å². The van der Waals surface area contributed by atoms with E-state index in [9.17, 15) is 14.5 Å². The van der Waals surface area contributed by atoms with Crippen LogP contribution < -0.4 is 5.32 Å². The fourth-order valence-corrected chi connectivity index (χ4v) is 6.33. The van der Waals surface area contributed by atoms with Crippen molar-refractivity contribution in [2.45, 2.75) is 69.9 Å². The third kappa shape index (κ3) is 6.07. The predicted octanol–water partition coefficient (Wildman–Crippen LogP) is 4.74. The smallest absolute Gasteiger partial charge is 0.256 e. The number of fused-ring (bicyclic) bond motifs is 1. The maximum Gasteiger partial charge on any atom is 0.256 e. The molecule has 1 aliphatic heterocycles. The monoisotopic (exact) mass is 559 g/mol. The summed E-state index contributed by atoms with van der Waals surface area (Å²) >= 11 is 0. The van der Waals surface area contributed by atoms with Crippen molar-refractivity contribution < 1.29 is 23.6 Å². The molecule has 1 aromatic carbocycles. The zero-order chi connectivity index (χ0) is 27.9. The van der Waals surface area contributed by atoms with Crippen LogP contribution in [0.4, 0.5) is 5.82 Å². The van der Waals surface area contributed by atoms with E-state index in [0.717, 1.165) is 0 Å². The molecule has 2 aromatic heterocycles. The Labute approximate surface area is 224 Å². The maximum absolute atomic E-state index is 12.8. The molecule has 1 amide bonds. The second-order valence-electron chi connectivity index (χ2n) is 11.9. The van der Waals surface area contributed by atoms with Gasteiger partial charge in [0.1, 0.15) is 18.5 Å². The van der Waals surface area contributed by atoms with Gasteiger partial charge in [0, 0.05) is 11.7 Å². The first-order valence-corrected chi connectivity index (χ1v) is 18.5. The molecule has 12 heteroatoms. The summed E-state index contributed by atoms with van der Waals surface area (Å²) < 4.78 is 27.2. The number of ether oxygens (including phenoxy) is 1. The molecule has 3 aromatic rings. The lowest BCUT2D eigenvalue weighted by atomic mass is 10.1. The largest absolute Gasteiger partial charge is 0.407 e. The Balaban J connectivity index is 1.68. The van der Waals surface area contributed by atoms with E-state index < -0.39 is 40.0 Å². The summed E-state index contributed by atoms with van der Waals surface area (Å²) in [5, 5.41) is 14.1. The highest BCUT2D eigenvalue weighted by Crippen LogP contribution is 2.44. The summed E-state index contributed by atoms with van der Waals surface area (Å²) in [6.45, 7) is 14.1. The van der Waals surface area contributed by atoms with Gasteiger partial charge in [0.25, 0.3) is 5.91 Å². The number of carbonyl (C=O) groups is 1. The van der Waals surface area contributed by atoms with Gasteiger partial charge >= 0.3 is 0 Å². The normalized spacial score (nSPS) is 22.6. The fourth-order valence-electron chi connectivity index (χ4n) is 4.16. The van der Waals surface area contributed by atoms with Crippen LogP contribution in [0, 0.1) is 0 Å². The topological polar surface area (TPSA) is 128 Å². The molecule has 0 unspecified atom stereocenters. The number of aliphatic hydroxyl groups excluding tert-OH is 1. The number of aliphatic hydroxyl groups is 1. The molecule has 206 valence electrons. The first-order valence-electron chi connectivity index (χ1n) is 12.8. The van der Waals surface area contributed by atoms with E-state index in [1.54, 1.807) is 48.5 Å². The molecule has 0 saturated carbocycles. The highest BCUT2D eigenvalue weighted by Gasteiger charge is 2.50. The van der Waals surface area contributed by atoms with Gasteiger partial charge in [-0.2, -0.15) is 0 Å². The first kappa shape index (κ1) is 28.6. The first-order chi connectivity index (χ1) is 17.7. The Morgan fingerprint density at radius 3 is 2.50 bits per heavy atom. The number of nitrogens with zero attached hydrogens (tertiary/aromatic N) is 4. The number of hydrogen-bond donors (Lipinski definition) is 2. The summed E-state index contributed by atoms with van der Waals surface area (Å²) in [4.78, 5) is 25.9. The number of nitrogens with one attached hydrogen (secondary N) is 1. The number of hydrogen-bond acceptors (Lipinski definition) is 8. The molecule has 1 saturated heterocycles. The molecule has 1 aliphatic rings. The van der Waals surface area contributed by atoms with E-state index in [0.29, 0.717) is 29.3 Å². The fraction of sp³-hybridized carbons (Fsp3) is 0.538. The molecule has 0 bridgehead atoms. The van der Waals surface area contributed by atoms with Gasteiger partial charge in [-0.05, 0) is 50.0 Å². The van der Waals surface area contributed by atoms with Gasteiger partial charge in [-0.25, -0.2) is 15.0 Å². The van der Waals surface area contributed by atoms with Gasteiger partial charge in [-0.15, -0.1) is 0 Å². The van der Waals surface area contributed by atoms with Crippen molar-refractivity contribution in [1.82, 2.24) is 19.5 Å². The van der Waals surface area contributed by atoms with Crippen LogP contribution in [0.5, 0.6) is 0 Å². The highest BCUT2D eigenvalue weighted by atomic mass is 31.2. The Bertz CT molecular complexity index is 1340. The molecule has 10 nitrogen and oxygen atoms in total. The average molecular weight is 560 g/mol. The van der Waals surface area contributed by atoms with Crippen molar-refractivity contribution in [3.8, 4) is 0 Å². The number of amides is 1. The number of carbonyl (C=O) groups excluding carboxylic acids is 1. The van der Waals surface area contributed by atoms with Gasteiger partial charge in [0.05, 0.1) is 19.6 Å². The number of imidazole rings is 1. The maximum atomic E-state index is 12.8. The number of rotatable bonds is 8. The summed E-state index contributed by atoms with van der Waals surface area (Å²) in [5.74, 6) is -0.0343. The number of aromatic nitrogens is 4. The van der Waals surface area contributed by atoms with E-state index in [1.165, 1.54) is 6.33 Å². The lowest BCUT2D eigenvalue weighted by Gasteiger charge is -2.40. The zero-order valence-electron chi connectivity index (χ0n) is 23.1. The van der Waals surface area contributed by atoms with Crippen LogP contribution >= 0.6 is 7.14 Å². The van der Waals surface area contributed by atoms with Gasteiger partial charge in [0.15, 0.2) is 31.5 Å². The SMILES string of the molecule is CC(C)(C)[Si](C)(C)O[C@@H]1[C@H](O)[C@@H](CCP(C)(C)=O)O[C@H]1n1cnc2c(NC(=O)c3ccccc3)ncnc21. The highest BCUT2D eigenvalue weighted by molar-refractivity contribution is 7.62. The molecular weight excluding hydrogens is 521 g/mol. The van der Waals surface area contributed by atoms with E-state index in [4.69, 9.17) is 9.16 Å². The van der Waals surface area contributed by atoms with Crippen LogP contribution in [-0.4, -0.2) is 76.7 Å². The van der Waals surface area contributed by atoms with Crippen LogP contribution in [-0.2, 0) is 13.7 Å². The third-order valence-electron chi connectivity index (χ3n) is 7.40. The van der Waals surface area contributed by atoms with Crippen molar-refractivity contribution in [2.75, 3.05) is 24.8 Å². The minimum absolute atomic E-state index is 0.0913. The quantitative estimate of drug-likeness (QED) is 0.299. The predicted molar refractivity (Wildman–Crippen MR) is 151 cm³/mol. The molecule has 2 N–H and O–H groups in total. The summed E-state index contributed by atoms with van der Waals surface area (Å²) in [6, 6.07) is 8.85. The average Bonchev–Trinajstić information content (AvgIpc) is 3.39.